The molecule has 0 fully saturated rings. The maximum Gasteiger partial charge on any atom is 0.416 e. The predicted molar refractivity (Wildman–Crippen MR) is 350 cm³/mol. The molecule has 9 aromatic carbocycles. The van der Waals surface area contributed by atoms with Crippen LogP contribution in [0.5, 0.6) is 0 Å². The van der Waals surface area contributed by atoms with Crippen molar-refractivity contribution < 1.29 is 258 Å². The molecule has 9 aromatic rings. The Hall–Kier alpha value is -8.85. The minimum absolute atomic E-state index is 0. The molecular formula is C72H30F54P3Pd+3. The molecule has 0 aliphatic heterocycles. The molecule has 0 amide bonds. The van der Waals surface area contributed by atoms with Gasteiger partial charge >= 0.3 is 111 Å². The second-order valence-corrected chi connectivity index (χ2v) is 33.7. The molecule has 0 bridgehead atoms. The maximum atomic E-state index is 13.5. The zero-order valence-corrected chi connectivity index (χ0v) is 64.9. The Labute approximate surface area is 702 Å². The third-order valence-corrected chi connectivity index (χ3v) is 24.7. The maximum absolute atomic E-state index is 13.5. The molecule has 0 radical (unpaired) electrons. The Kier molecular flexibility index (Phi) is 30.9. The summed E-state index contributed by atoms with van der Waals surface area (Å²) in [5.41, 5.74) is -39.2. The molecule has 0 aromatic heterocycles. The normalized spacial score (nSPS) is 13.9. The molecule has 0 saturated heterocycles. The van der Waals surface area contributed by atoms with Gasteiger partial charge in [-0.3, -0.25) is 0 Å². The average molecular weight is 2120 g/mol. The van der Waals surface area contributed by atoms with Crippen LogP contribution in [0.25, 0.3) is 0 Å². The van der Waals surface area contributed by atoms with Crippen molar-refractivity contribution in [2.24, 2.45) is 0 Å². The number of rotatable bonds is 9. The Balaban J connectivity index is 0.000000299. The van der Waals surface area contributed by atoms with Crippen LogP contribution in [-0.4, -0.2) is 0 Å². The molecule has 0 heterocycles. The van der Waals surface area contributed by atoms with Gasteiger partial charge in [0.25, 0.3) is 0 Å². The molecular weight excluding hydrogens is 2090 g/mol. The van der Waals surface area contributed by atoms with Crippen molar-refractivity contribution in [3.8, 4) is 0 Å². The second-order valence-electron chi connectivity index (χ2n) is 26.3. The van der Waals surface area contributed by atoms with E-state index in [4.69, 9.17) is 0 Å². The predicted octanol–water partition coefficient (Wildman–Crippen LogP) is 27.9. The summed E-state index contributed by atoms with van der Waals surface area (Å²) in [7, 11) is -13.1. The van der Waals surface area contributed by atoms with E-state index in [9.17, 15) is 237 Å². The molecule has 0 aliphatic rings. The summed E-state index contributed by atoms with van der Waals surface area (Å²) in [6, 6.07) is -7.89. The first-order valence-electron chi connectivity index (χ1n) is 32.5. The summed E-state index contributed by atoms with van der Waals surface area (Å²) in [6.45, 7) is 0. The van der Waals surface area contributed by atoms with E-state index in [-0.39, 0.29) is 130 Å². The van der Waals surface area contributed by atoms with Gasteiger partial charge < -0.3 is 0 Å². The summed E-state index contributed by atoms with van der Waals surface area (Å²) in [5, 5.41) is -12.7. The van der Waals surface area contributed by atoms with Gasteiger partial charge in [-0.05, 0) is 164 Å². The second kappa shape index (κ2) is 36.5. The Morgan fingerprint density at radius 1 is 0.0923 bits per heavy atom. The molecule has 0 aliphatic carbocycles. The van der Waals surface area contributed by atoms with Gasteiger partial charge in [0.2, 0.25) is 0 Å². The van der Waals surface area contributed by atoms with Crippen molar-refractivity contribution in [1.82, 2.24) is 0 Å². The molecule has 0 nitrogen and oxygen atoms in total. The van der Waals surface area contributed by atoms with E-state index in [0.717, 1.165) is 0 Å². The standard InChI is InChI=1S/3C24H9F18P.Pd/c3*25-19(26,27)10-1-11(20(28,29)30)5-16(4-10)43(17-6-12(21(31,32)33)2-13(7-17)22(34,35)36)18-8-14(23(37,38)39)3-15(9-18)24(40,41)42;/h3*1-9H;/p+3. The monoisotopic (exact) mass is 2120 g/mol. The molecule has 0 spiro atoms. The topological polar surface area (TPSA) is 0 Å². The summed E-state index contributed by atoms with van der Waals surface area (Å²) < 4.78 is 731. The third kappa shape index (κ3) is 28.1. The van der Waals surface area contributed by atoms with Crippen LogP contribution in [0.4, 0.5) is 237 Å². The van der Waals surface area contributed by atoms with Gasteiger partial charge in [-0.15, -0.1) is 0 Å². The van der Waals surface area contributed by atoms with Crippen molar-refractivity contribution in [3.05, 3.63) is 264 Å². The van der Waals surface area contributed by atoms with Crippen molar-refractivity contribution in [2.45, 2.75) is 111 Å². The first-order chi connectivity index (χ1) is 57.2. The smallest absolute Gasteiger partial charge is 0.166 e. The van der Waals surface area contributed by atoms with Crippen LogP contribution in [0.3, 0.4) is 0 Å². The summed E-state index contributed by atoms with van der Waals surface area (Å²) in [5.74, 6) is 0. The van der Waals surface area contributed by atoms with E-state index < -0.39 is 337 Å². The SMILES string of the molecule is FC(F)(F)c1cc([PH+](c2cc(C(F)(F)F)cc(C(F)(F)F)c2)c2cc(C(F)(F)F)cc(C(F)(F)F)c2)cc(C(F)(F)F)c1.FC(F)(F)c1cc([PH+](c2cc(C(F)(F)F)cc(C(F)(F)F)c2)c2cc(C(F)(F)F)cc(C(F)(F)F)c2)cc(C(F)(F)F)c1.FC(F)(F)c1cc([PH+](c2cc(C(F)(F)F)cc(C(F)(F)F)c2)c2cc(C(F)(F)F)cc(C(F)(F)F)c2)cc(C(F)(F)F)c1.[Pd]. The van der Waals surface area contributed by atoms with Gasteiger partial charge in [-0.2, -0.15) is 237 Å². The molecule has 9 rings (SSSR count). The number of hydrogen-bond acceptors (Lipinski definition) is 0. The minimum atomic E-state index is -5.65. The first-order valence-corrected chi connectivity index (χ1v) is 37.0. The van der Waals surface area contributed by atoms with Crippen LogP contribution in [-0.2, 0) is 132 Å². The Morgan fingerprint density at radius 2 is 0.138 bits per heavy atom. The van der Waals surface area contributed by atoms with Crippen LogP contribution in [0.15, 0.2) is 164 Å². The Morgan fingerprint density at radius 3 is 0.177 bits per heavy atom. The summed E-state index contributed by atoms with van der Waals surface area (Å²) >= 11 is 0. The molecule has 130 heavy (non-hydrogen) atoms. The molecule has 58 heteroatoms. The average Bonchev–Trinajstić information content (AvgIpc) is 0.759. The molecule has 0 saturated carbocycles. The summed E-state index contributed by atoms with van der Waals surface area (Å²) in [4.78, 5) is 0. The van der Waals surface area contributed by atoms with Gasteiger partial charge in [0.1, 0.15) is 47.7 Å². The third-order valence-electron chi connectivity index (χ3n) is 16.9. The van der Waals surface area contributed by atoms with Crippen LogP contribution in [0, 0.1) is 0 Å². The molecule has 0 N–H and O–H groups in total. The van der Waals surface area contributed by atoms with Crippen molar-refractivity contribution >= 4 is 71.5 Å². The van der Waals surface area contributed by atoms with Gasteiger partial charge in [-0.1, -0.05) is 0 Å². The number of halogens is 54. The number of alkyl halides is 54. The van der Waals surface area contributed by atoms with Crippen LogP contribution in [0.1, 0.15) is 100 Å². The number of hydrogen-bond donors (Lipinski definition) is 0. The first kappa shape index (κ1) is 110. The molecule has 0 atom stereocenters. The van der Waals surface area contributed by atoms with Crippen LogP contribution < -0.4 is 47.7 Å². The van der Waals surface area contributed by atoms with Crippen LogP contribution in [0.2, 0.25) is 0 Å². The van der Waals surface area contributed by atoms with Crippen molar-refractivity contribution in [2.75, 3.05) is 0 Å². The van der Waals surface area contributed by atoms with Gasteiger partial charge in [0, 0.05) is 20.4 Å². The van der Waals surface area contributed by atoms with E-state index in [1.54, 1.807) is 0 Å². The molecule has 0 unspecified atom stereocenters. The quantitative estimate of drug-likeness (QED) is 0.0768. The number of benzene rings is 9. The van der Waals surface area contributed by atoms with Crippen molar-refractivity contribution in [3.63, 3.8) is 0 Å². The fraction of sp³-hybridized carbons (Fsp3) is 0.250. The van der Waals surface area contributed by atoms with E-state index in [1.165, 1.54) is 0 Å². The minimum Gasteiger partial charge on any atom is -0.166 e. The van der Waals surface area contributed by atoms with E-state index >= 15 is 0 Å². The van der Waals surface area contributed by atoms with Crippen molar-refractivity contribution in [1.29, 1.82) is 0 Å². The van der Waals surface area contributed by atoms with Gasteiger partial charge in [-0.25, -0.2) is 0 Å². The van der Waals surface area contributed by atoms with E-state index in [1.807, 2.05) is 0 Å². The fourth-order valence-corrected chi connectivity index (χ4v) is 19.8. The Bertz CT molecular complexity index is 4170. The van der Waals surface area contributed by atoms with Gasteiger partial charge in [0.05, 0.1) is 124 Å². The van der Waals surface area contributed by atoms with Gasteiger partial charge in [0.15, 0.2) is 0 Å². The summed E-state index contributed by atoms with van der Waals surface area (Å²) in [6.07, 6.45) is -102. The van der Waals surface area contributed by atoms with E-state index in [2.05, 4.69) is 0 Å². The zero-order chi connectivity index (χ0) is 99.4. The largest absolute Gasteiger partial charge is 0.416 e. The zero-order valence-electron chi connectivity index (χ0n) is 60.3. The molecule has 718 valence electrons. The fourth-order valence-electron chi connectivity index (χ4n) is 11.4. The van der Waals surface area contributed by atoms with E-state index in [0.29, 0.717) is 0 Å². The van der Waals surface area contributed by atoms with Crippen LogP contribution >= 0.6 is 23.8 Å².